The Morgan fingerprint density at radius 3 is 3.05 bits per heavy atom. The lowest BCUT2D eigenvalue weighted by atomic mass is 9.91. The molecule has 0 radical (unpaired) electrons. The second-order valence-electron chi connectivity index (χ2n) is 5.33. The average Bonchev–Trinajstić information content (AvgIpc) is 2.83. The van der Waals surface area contributed by atoms with E-state index in [-0.39, 0.29) is 29.5 Å². The fourth-order valence-corrected chi connectivity index (χ4v) is 3.09. The third-order valence-electron chi connectivity index (χ3n) is 4.13. The molecule has 1 aromatic carbocycles. The van der Waals surface area contributed by atoms with Gasteiger partial charge in [-0.1, -0.05) is 0 Å². The molecule has 0 aromatic heterocycles. The summed E-state index contributed by atoms with van der Waals surface area (Å²) in [6, 6.07) is 4.24. The fourth-order valence-electron chi connectivity index (χ4n) is 3.09. The molecule has 2 fully saturated rings. The standard InChI is InChI=1S/C14H17N3O3/c15-11-4-3-8(18)6-10(11)14(20)17-5-1-2-9-12(17)7-16-13(9)19/h3-4,6,9,12,18H,1-2,5,7,15H2,(H,16,19). The number of anilines is 1. The first-order chi connectivity index (χ1) is 9.58. The number of nitrogens with zero attached hydrogens (tertiary/aromatic N) is 1. The quantitative estimate of drug-likeness (QED) is 0.508. The Balaban J connectivity index is 1.90. The number of carbonyl (C=O) groups excluding carboxylic acids is 2. The fraction of sp³-hybridized carbons (Fsp3) is 0.429. The van der Waals surface area contributed by atoms with Crippen molar-refractivity contribution in [3.8, 4) is 5.75 Å². The maximum atomic E-state index is 12.6. The molecule has 0 saturated carbocycles. The van der Waals surface area contributed by atoms with Crippen molar-refractivity contribution in [2.24, 2.45) is 5.92 Å². The molecule has 6 heteroatoms. The molecule has 106 valence electrons. The summed E-state index contributed by atoms with van der Waals surface area (Å²) in [6.07, 6.45) is 1.62. The number of likely N-dealkylation sites (tertiary alicyclic amines) is 1. The molecule has 1 aromatic rings. The molecule has 0 spiro atoms. The van der Waals surface area contributed by atoms with Crippen LogP contribution in [0.4, 0.5) is 5.69 Å². The molecule has 3 rings (SSSR count). The topological polar surface area (TPSA) is 95.7 Å². The van der Waals surface area contributed by atoms with E-state index in [4.69, 9.17) is 5.73 Å². The molecule has 2 aliphatic heterocycles. The van der Waals surface area contributed by atoms with Gasteiger partial charge < -0.3 is 21.1 Å². The molecule has 6 nitrogen and oxygen atoms in total. The summed E-state index contributed by atoms with van der Waals surface area (Å²) in [5.74, 6) is -0.302. The molecular formula is C14H17N3O3. The number of phenolic OH excluding ortho intramolecular Hbond substituents is 1. The van der Waals surface area contributed by atoms with Crippen molar-refractivity contribution in [3.63, 3.8) is 0 Å². The van der Waals surface area contributed by atoms with Crippen molar-refractivity contribution in [1.29, 1.82) is 0 Å². The average molecular weight is 275 g/mol. The SMILES string of the molecule is Nc1ccc(O)cc1C(=O)N1CCCC2C(=O)NCC21. The molecule has 2 heterocycles. The highest BCUT2D eigenvalue weighted by Crippen LogP contribution is 2.30. The normalized spacial score (nSPS) is 25.2. The number of amides is 2. The third kappa shape index (κ3) is 1.97. The first-order valence-electron chi connectivity index (χ1n) is 6.75. The predicted octanol–water partition coefficient (Wildman–Crippen LogP) is 0.325. The van der Waals surface area contributed by atoms with Crippen LogP contribution in [0.1, 0.15) is 23.2 Å². The number of aromatic hydroxyl groups is 1. The number of nitrogens with two attached hydrogens (primary N) is 1. The van der Waals surface area contributed by atoms with Gasteiger partial charge in [0.2, 0.25) is 5.91 Å². The zero-order valence-corrected chi connectivity index (χ0v) is 11.0. The number of benzene rings is 1. The van der Waals surface area contributed by atoms with Crippen LogP contribution in [0.15, 0.2) is 18.2 Å². The van der Waals surface area contributed by atoms with Gasteiger partial charge in [0, 0.05) is 18.8 Å². The van der Waals surface area contributed by atoms with E-state index in [0.717, 1.165) is 12.8 Å². The van der Waals surface area contributed by atoms with Crippen LogP contribution in [0.2, 0.25) is 0 Å². The molecule has 20 heavy (non-hydrogen) atoms. The number of hydrogen-bond acceptors (Lipinski definition) is 4. The summed E-state index contributed by atoms with van der Waals surface area (Å²) >= 11 is 0. The number of nitrogens with one attached hydrogen (secondary N) is 1. The number of carbonyl (C=O) groups is 2. The molecule has 4 N–H and O–H groups in total. The number of piperidine rings is 1. The lowest BCUT2D eigenvalue weighted by molar-refractivity contribution is -0.123. The van der Waals surface area contributed by atoms with Crippen LogP contribution in [0.3, 0.4) is 0 Å². The number of nitrogen functional groups attached to an aromatic ring is 1. The molecule has 2 amide bonds. The summed E-state index contributed by atoms with van der Waals surface area (Å²) in [6.45, 7) is 1.11. The minimum Gasteiger partial charge on any atom is -0.508 e. The second-order valence-corrected chi connectivity index (χ2v) is 5.33. The van der Waals surface area contributed by atoms with Crippen LogP contribution in [-0.4, -0.2) is 41.0 Å². The molecule has 2 unspecified atom stereocenters. The summed E-state index contributed by atoms with van der Waals surface area (Å²) < 4.78 is 0. The Bertz CT molecular complexity index is 573. The highest BCUT2D eigenvalue weighted by molar-refractivity contribution is 6.00. The minimum atomic E-state index is -0.218. The van der Waals surface area contributed by atoms with Gasteiger partial charge in [0.15, 0.2) is 0 Å². The monoisotopic (exact) mass is 275 g/mol. The number of phenols is 1. The van der Waals surface area contributed by atoms with Crippen molar-refractivity contribution in [3.05, 3.63) is 23.8 Å². The van der Waals surface area contributed by atoms with Crippen molar-refractivity contribution < 1.29 is 14.7 Å². The molecule has 2 aliphatic rings. The van der Waals surface area contributed by atoms with E-state index >= 15 is 0 Å². The van der Waals surface area contributed by atoms with Crippen molar-refractivity contribution in [1.82, 2.24) is 10.2 Å². The Morgan fingerprint density at radius 2 is 2.25 bits per heavy atom. The van der Waals surface area contributed by atoms with Gasteiger partial charge in [0.25, 0.3) is 5.91 Å². The molecular weight excluding hydrogens is 258 g/mol. The lowest BCUT2D eigenvalue weighted by Gasteiger charge is -2.36. The van der Waals surface area contributed by atoms with Gasteiger partial charge in [-0.05, 0) is 31.0 Å². The summed E-state index contributed by atoms with van der Waals surface area (Å²) in [5, 5.41) is 12.3. The Labute approximate surface area is 116 Å². The third-order valence-corrected chi connectivity index (χ3v) is 4.13. The number of hydrogen-bond donors (Lipinski definition) is 3. The van der Waals surface area contributed by atoms with Crippen LogP contribution in [0.25, 0.3) is 0 Å². The van der Waals surface area contributed by atoms with Crippen LogP contribution in [-0.2, 0) is 4.79 Å². The van der Waals surface area contributed by atoms with E-state index in [0.29, 0.717) is 24.3 Å². The first kappa shape index (κ1) is 12.8. The van der Waals surface area contributed by atoms with Crippen molar-refractivity contribution in [2.75, 3.05) is 18.8 Å². The highest BCUT2D eigenvalue weighted by Gasteiger charge is 2.42. The number of fused-ring (bicyclic) bond motifs is 1. The molecule has 2 atom stereocenters. The van der Waals surface area contributed by atoms with Gasteiger partial charge in [0.05, 0.1) is 17.5 Å². The van der Waals surface area contributed by atoms with Crippen LogP contribution in [0, 0.1) is 5.92 Å². The van der Waals surface area contributed by atoms with Gasteiger partial charge in [-0.15, -0.1) is 0 Å². The Kier molecular flexibility index (Phi) is 3.00. The zero-order valence-electron chi connectivity index (χ0n) is 11.0. The van der Waals surface area contributed by atoms with Crippen LogP contribution >= 0.6 is 0 Å². The van der Waals surface area contributed by atoms with E-state index in [9.17, 15) is 14.7 Å². The zero-order chi connectivity index (χ0) is 14.3. The van der Waals surface area contributed by atoms with E-state index in [1.54, 1.807) is 4.90 Å². The predicted molar refractivity (Wildman–Crippen MR) is 73.1 cm³/mol. The number of rotatable bonds is 1. The molecule has 2 saturated heterocycles. The lowest BCUT2D eigenvalue weighted by Crippen LogP contribution is -2.48. The Morgan fingerprint density at radius 1 is 1.45 bits per heavy atom. The highest BCUT2D eigenvalue weighted by atomic mass is 16.3. The second kappa shape index (κ2) is 4.70. The van der Waals surface area contributed by atoms with Gasteiger partial charge in [-0.2, -0.15) is 0 Å². The van der Waals surface area contributed by atoms with Crippen molar-refractivity contribution >= 4 is 17.5 Å². The van der Waals surface area contributed by atoms with E-state index in [1.807, 2.05) is 0 Å². The first-order valence-corrected chi connectivity index (χ1v) is 6.75. The van der Waals surface area contributed by atoms with Crippen molar-refractivity contribution in [2.45, 2.75) is 18.9 Å². The van der Waals surface area contributed by atoms with Gasteiger partial charge >= 0.3 is 0 Å². The summed E-state index contributed by atoms with van der Waals surface area (Å²) in [7, 11) is 0. The molecule has 0 aliphatic carbocycles. The van der Waals surface area contributed by atoms with E-state index in [1.165, 1.54) is 18.2 Å². The van der Waals surface area contributed by atoms with Crippen LogP contribution in [0.5, 0.6) is 5.75 Å². The van der Waals surface area contributed by atoms with Gasteiger partial charge in [-0.3, -0.25) is 9.59 Å². The van der Waals surface area contributed by atoms with E-state index in [2.05, 4.69) is 5.32 Å². The maximum absolute atomic E-state index is 12.6. The Hall–Kier alpha value is -2.24. The largest absolute Gasteiger partial charge is 0.508 e. The van der Waals surface area contributed by atoms with E-state index < -0.39 is 0 Å². The summed E-state index contributed by atoms with van der Waals surface area (Å²) in [4.78, 5) is 26.0. The summed E-state index contributed by atoms with van der Waals surface area (Å²) in [5.41, 5.74) is 6.46. The molecule has 0 bridgehead atoms. The van der Waals surface area contributed by atoms with Gasteiger partial charge in [0.1, 0.15) is 5.75 Å². The smallest absolute Gasteiger partial charge is 0.256 e. The minimum absolute atomic E-state index is 0.0109. The van der Waals surface area contributed by atoms with Gasteiger partial charge in [-0.25, -0.2) is 0 Å². The van der Waals surface area contributed by atoms with Crippen LogP contribution < -0.4 is 11.1 Å². The maximum Gasteiger partial charge on any atom is 0.256 e.